The van der Waals surface area contributed by atoms with Gasteiger partial charge in [-0.3, -0.25) is 4.79 Å². The third kappa shape index (κ3) is 3.05. The summed E-state index contributed by atoms with van der Waals surface area (Å²) >= 11 is 0. The van der Waals surface area contributed by atoms with Crippen LogP contribution in [0, 0.1) is 17.2 Å². The van der Waals surface area contributed by atoms with E-state index in [1.165, 1.54) is 0 Å². The first-order valence-electron chi connectivity index (χ1n) is 6.79. The average molecular weight is 257 g/mol. The Hall–Kier alpha value is -2.02. The van der Waals surface area contributed by atoms with E-state index >= 15 is 0 Å². The maximum Gasteiger partial charge on any atom is 0.253 e. The number of carbonyl (C=O) groups excluding carboxylic acids is 1. The highest BCUT2D eigenvalue weighted by atomic mass is 16.1. The molecule has 0 bridgehead atoms. The molecule has 1 fully saturated rings. The minimum atomic E-state index is -0.0938. The molecule has 1 saturated carbocycles. The van der Waals surface area contributed by atoms with Crippen molar-refractivity contribution in [2.75, 3.05) is 11.9 Å². The molecule has 1 aromatic rings. The van der Waals surface area contributed by atoms with Gasteiger partial charge >= 0.3 is 0 Å². The summed E-state index contributed by atoms with van der Waals surface area (Å²) in [5.74, 6) is -0.140. The van der Waals surface area contributed by atoms with Gasteiger partial charge in [0.1, 0.15) is 0 Å². The van der Waals surface area contributed by atoms with E-state index in [-0.39, 0.29) is 17.9 Å². The molecule has 0 saturated heterocycles. The van der Waals surface area contributed by atoms with Crippen LogP contribution in [0.1, 0.15) is 36.5 Å². The highest BCUT2D eigenvalue weighted by Crippen LogP contribution is 2.25. The highest BCUT2D eigenvalue weighted by Gasteiger charge is 2.28. The number of anilines is 1. The monoisotopic (exact) mass is 257 g/mol. The van der Waals surface area contributed by atoms with E-state index in [2.05, 4.69) is 16.7 Å². The SMILES string of the molecule is CCNc1ccccc1C(=O)NC1CCCC1C#N. The Bertz CT molecular complexity index is 492. The first-order valence-corrected chi connectivity index (χ1v) is 6.79. The third-order valence-electron chi connectivity index (χ3n) is 3.54. The maximum atomic E-state index is 12.3. The molecular formula is C15H19N3O. The molecule has 19 heavy (non-hydrogen) atoms. The van der Waals surface area contributed by atoms with E-state index in [4.69, 9.17) is 5.26 Å². The van der Waals surface area contributed by atoms with Crippen molar-refractivity contribution in [3.05, 3.63) is 29.8 Å². The van der Waals surface area contributed by atoms with Crippen LogP contribution in [0.25, 0.3) is 0 Å². The van der Waals surface area contributed by atoms with Gasteiger partial charge in [0.25, 0.3) is 5.91 Å². The molecular weight excluding hydrogens is 238 g/mol. The van der Waals surface area contributed by atoms with E-state index in [0.717, 1.165) is 31.5 Å². The van der Waals surface area contributed by atoms with Crippen LogP contribution in [0.5, 0.6) is 0 Å². The van der Waals surface area contributed by atoms with Crippen LogP contribution >= 0.6 is 0 Å². The van der Waals surface area contributed by atoms with Gasteiger partial charge in [-0.05, 0) is 38.3 Å². The van der Waals surface area contributed by atoms with Crippen LogP contribution in [0.3, 0.4) is 0 Å². The zero-order chi connectivity index (χ0) is 13.7. The fourth-order valence-electron chi connectivity index (χ4n) is 2.56. The normalized spacial score (nSPS) is 21.7. The topological polar surface area (TPSA) is 64.9 Å². The number of carbonyl (C=O) groups is 1. The molecule has 4 heteroatoms. The molecule has 2 N–H and O–H groups in total. The van der Waals surface area contributed by atoms with Crippen molar-refractivity contribution in [2.45, 2.75) is 32.2 Å². The van der Waals surface area contributed by atoms with Crippen molar-refractivity contribution >= 4 is 11.6 Å². The van der Waals surface area contributed by atoms with E-state index in [1.54, 1.807) is 0 Å². The second-order valence-corrected chi connectivity index (χ2v) is 4.82. The van der Waals surface area contributed by atoms with Crippen molar-refractivity contribution in [2.24, 2.45) is 5.92 Å². The summed E-state index contributed by atoms with van der Waals surface area (Å²) in [6, 6.07) is 9.74. The predicted octanol–water partition coefficient (Wildman–Crippen LogP) is 2.54. The van der Waals surface area contributed by atoms with Crippen molar-refractivity contribution in [1.82, 2.24) is 5.32 Å². The molecule has 1 aliphatic rings. The molecule has 0 heterocycles. The largest absolute Gasteiger partial charge is 0.385 e. The molecule has 0 aliphatic heterocycles. The van der Waals surface area contributed by atoms with Gasteiger partial charge in [-0.25, -0.2) is 0 Å². The fourth-order valence-corrected chi connectivity index (χ4v) is 2.56. The molecule has 0 aromatic heterocycles. The minimum absolute atomic E-state index is 0.00724. The average Bonchev–Trinajstić information content (AvgIpc) is 2.87. The minimum Gasteiger partial charge on any atom is -0.385 e. The van der Waals surface area contributed by atoms with E-state index in [9.17, 15) is 4.79 Å². The number of rotatable bonds is 4. The quantitative estimate of drug-likeness (QED) is 0.871. The molecule has 0 radical (unpaired) electrons. The molecule has 1 aliphatic carbocycles. The molecule has 1 aromatic carbocycles. The Morgan fingerprint density at radius 1 is 1.42 bits per heavy atom. The number of nitriles is 1. The van der Waals surface area contributed by atoms with E-state index in [0.29, 0.717) is 5.56 Å². The van der Waals surface area contributed by atoms with Crippen molar-refractivity contribution in [3.8, 4) is 6.07 Å². The molecule has 4 nitrogen and oxygen atoms in total. The van der Waals surface area contributed by atoms with Gasteiger partial charge < -0.3 is 10.6 Å². The summed E-state index contributed by atoms with van der Waals surface area (Å²) in [6.45, 7) is 2.77. The van der Waals surface area contributed by atoms with Crippen LogP contribution < -0.4 is 10.6 Å². The Morgan fingerprint density at radius 2 is 2.21 bits per heavy atom. The van der Waals surface area contributed by atoms with Gasteiger partial charge in [0.05, 0.1) is 17.6 Å². The lowest BCUT2D eigenvalue weighted by Gasteiger charge is -2.17. The van der Waals surface area contributed by atoms with Crippen LogP contribution in [0.2, 0.25) is 0 Å². The number of hydrogen-bond acceptors (Lipinski definition) is 3. The van der Waals surface area contributed by atoms with Crippen LogP contribution in [0.15, 0.2) is 24.3 Å². The second kappa shape index (κ2) is 6.24. The van der Waals surface area contributed by atoms with Crippen LogP contribution in [0.4, 0.5) is 5.69 Å². The molecule has 2 rings (SSSR count). The first-order chi connectivity index (χ1) is 9.26. The Balaban J connectivity index is 2.10. The van der Waals surface area contributed by atoms with Gasteiger partial charge in [-0.15, -0.1) is 0 Å². The zero-order valence-corrected chi connectivity index (χ0v) is 11.1. The smallest absolute Gasteiger partial charge is 0.253 e. The Labute approximate surface area is 113 Å². The number of para-hydroxylation sites is 1. The molecule has 0 spiro atoms. The molecule has 2 unspecified atom stereocenters. The summed E-state index contributed by atoms with van der Waals surface area (Å²) in [5.41, 5.74) is 1.49. The Morgan fingerprint density at radius 3 is 2.95 bits per heavy atom. The number of amides is 1. The van der Waals surface area contributed by atoms with Crippen molar-refractivity contribution in [3.63, 3.8) is 0 Å². The number of benzene rings is 1. The number of nitrogens with zero attached hydrogens (tertiary/aromatic N) is 1. The lowest BCUT2D eigenvalue weighted by molar-refractivity contribution is 0.0933. The van der Waals surface area contributed by atoms with Gasteiger partial charge in [0.2, 0.25) is 0 Å². The van der Waals surface area contributed by atoms with Crippen LogP contribution in [-0.2, 0) is 0 Å². The van der Waals surface area contributed by atoms with Gasteiger partial charge in [-0.1, -0.05) is 12.1 Å². The summed E-state index contributed by atoms with van der Waals surface area (Å²) < 4.78 is 0. The Kier molecular flexibility index (Phi) is 4.40. The predicted molar refractivity (Wildman–Crippen MR) is 74.8 cm³/mol. The number of nitrogens with one attached hydrogen (secondary N) is 2. The summed E-state index contributed by atoms with van der Waals surface area (Å²) in [7, 11) is 0. The van der Waals surface area contributed by atoms with Gasteiger partial charge in [0.15, 0.2) is 0 Å². The standard InChI is InChI=1S/C15H19N3O/c1-2-17-14-8-4-3-7-12(14)15(19)18-13-9-5-6-11(13)10-16/h3-4,7-8,11,13,17H,2,5-6,9H2,1H3,(H,18,19). The van der Waals surface area contributed by atoms with E-state index < -0.39 is 0 Å². The van der Waals surface area contributed by atoms with Crippen molar-refractivity contribution < 1.29 is 4.79 Å². The van der Waals surface area contributed by atoms with Gasteiger partial charge in [-0.2, -0.15) is 5.26 Å². The summed E-state index contributed by atoms with van der Waals surface area (Å²) in [6.07, 6.45) is 2.79. The molecule has 2 atom stereocenters. The van der Waals surface area contributed by atoms with Gasteiger partial charge in [0, 0.05) is 18.3 Å². The van der Waals surface area contributed by atoms with Crippen LogP contribution in [-0.4, -0.2) is 18.5 Å². The fraction of sp³-hybridized carbons (Fsp3) is 0.467. The second-order valence-electron chi connectivity index (χ2n) is 4.82. The van der Waals surface area contributed by atoms with Crippen molar-refractivity contribution in [1.29, 1.82) is 5.26 Å². The molecule has 1 amide bonds. The highest BCUT2D eigenvalue weighted by molar-refractivity contribution is 5.99. The van der Waals surface area contributed by atoms with E-state index in [1.807, 2.05) is 31.2 Å². The molecule has 100 valence electrons. The lowest BCUT2D eigenvalue weighted by atomic mass is 10.0. The first kappa shape index (κ1) is 13.4. The summed E-state index contributed by atoms with van der Waals surface area (Å²) in [5, 5.41) is 15.2. The number of hydrogen-bond donors (Lipinski definition) is 2. The summed E-state index contributed by atoms with van der Waals surface area (Å²) in [4.78, 5) is 12.3. The maximum absolute atomic E-state index is 12.3. The third-order valence-corrected chi connectivity index (χ3v) is 3.54. The zero-order valence-electron chi connectivity index (χ0n) is 11.1. The lowest BCUT2D eigenvalue weighted by Crippen LogP contribution is -2.37.